The number of para-hydroxylation sites is 1. The molecule has 0 saturated carbocycles. The number of primary amides is 1. The largest absolute Gasteiger partial charge is 0.369 e. The molecule has 0 bridgehead atoms. The van der Waals surface area contributed by atoms with Gasteiger partial charge in [-0.15, -0.1) is 0 Å². The molecule has 3 heterocycles. The van der Waals surface area contributed by atoms with Crippen molar-refractivity contribution in [2.45, 2.75) is 38.8 Å². The molecule has 0 unspecified atom stereocenters. The summed E-state index contributed by atoms with van der Waals surface area (Å²) in [5, 5.41) is 6.80. The third kappa shape index (κ3) is 4.78. The van der Waals surface area contributed by atoms with Crippen molar-refractivity contribution in [3.05, 3.63) is 41.0 Å². The summed E-state index contributed by atoms with van der Waals surface area (Å²) >= 11 is 6.27. The third-order valence-corrected chi connectivity index (χ3v) is 6.55. The lowest BCUT2D eigenvalue weighted by Crippen LogP contribution is -2.48. The molecule has 3 amide bonds. The minimum atomic E-state index is -0.293. The highest BCUT2D eigenvalue weighted by atomic mass is 35.5. The predicted molar refractivity (Wildman–Crippen MR) is 125 cm³/mol. The molecule has 1 aromatic heterocycles. The fraction of sp³-hybridized carbons (Fsp3) is 0.455. The van der Waals surface area contributed by atoms with Gasteiger partial charge < -0.3 is 11.1 Å². The van der Waals surface area contributed by atoms with E-state index in [1.54, 1.807) is 23.2 Å². The summed E-state index contributed by atoms with van der Waals surface area (Å²) < 4.78 is 0. The first-order valence-corrected chi connectivity index (χ1v) is 11.1. The number of aromatic nitrogens is 2. The van der Waals surface area contributed by atoms with Crippen LogP contribution in [-0.4, -0.2) is 52.0 Å². The normalized spacial score (nSPS) is 17.6. The number of hydrogen-bond donors (Lipinski definition) is 3. The maximum absolute atomic E-state index is 12.7. The van der Waals surface area contributed by atoms with E-state index in [9.17, 15) is 9.59 Å². The molecule has 10 heteroatoms. The molecule has 4 N–H and O–H groups in total. The Morgan fingerprint density at radius 3 is 2.72 bits per heavy atom. The number of nitrogens with one attached hydrogen (secondary N) is 2. The number of nitrogens with two attached hydrogens (primary N) is 1. The number of piperidine rings is 1. The first-order chi connectivity index (χ1) is 15.2. The SMILES string of the molecule is CC(C)(Nc1ncc2c(n1)NC(=O)N(c1ccccc1Cl)C2)C1CCN(CC(N)=O)CC1. The van der Waals surface area contributed by atoms with Crippen LogP contribution in [0.5, 0.6) is 0 Å². The summed E-state index contributed by atoms with van der Waals surface area (Å²) in [6, 6.07) is 6.95. The zero-order chi connectivity index (χ0) is 22.9. The minimum Gasteiger partial charge on any atom is -0.369 e. The quantitative estimate of drug-likeness (QED) is 0.613. The molecule has 0 radical (unpaired) electrons. The Balaban J connectivity index is 1.44. The zero-order valence-corrected chi connectivity index (χ0v) is 19.0. The predicted octanol–water partition coefficient (Wildman–Crippen LogP) is 3.07. The summed E-state index contributed by atoms with van der Waals surface area (Å²) in [4.78, 5) is 36.6. The van der Waals surface area contributed by atoms with Gasteiger partial charge in [0.25, 0.3) is 0 Å². The number of benzene rings is 1. The molecule has 1 fully saturated rings. The summed E-state index contributed by atoms with van der Waals surface area (Å²) in [6.07, 6.45) is 3.63. The third-order valence-electron chi connectivity index (χ3n) is 6.23. The molecule has 1 saturated heterocycles. The summed E-state index contributed by atoms with van der Waals surface area (Å²) in [5.41, 5.74) is 6.51. The van der Waals surface area contributed by atoms with Gasteiger partial charge in [0.15, 0.2) is 0 Å². The van der Waals surface area contributed by atoms with Gasteiger partial charge in [0.1, 0.15) is 5.82 Å². The molecular weight excluding hydrogens is 430 g/mol. The first-order valence-electron chi connectivity index (χ1n) is 10.7. The monoisotopic (exact) mass is 457 g/mol. The number of urea groups is 1. The second-order valence-electron chi connectivity index (χ2n) is 8.90. The van der Waals surface area contributed by atoms with Crippen molar-refractivity contribution in [2.24, 2.45) is 11.7 Å². The van der Waals surface area contributed by atoms with Gasteiger partial charge in [-0.25, -0.2) is 9.78 Å². The highest BCUT2D eigenvalue weighted by Crippen LogP contribution is 2.33. The van der Waals surface area contributed by atoms with E-state index in [0.717, 1.165) is 31.5 Å². The van der Waals surface area contributed by atoms with Crippen LogP contribution in [0, 0.1) is 5.92 Å². The minimum absolute atomic E-state index is 0.255. The molecule has 170 valence electrons. The van der Waals surface area contributed by atoms with Crippen LogP contribution < -0.4 is 21.3 Å². The van der Waals surface area contributed by atoms with Crippen LogP contribution >= 0.6 is 11.6 Å². The fourth-order valence-corrected chi connectivity index (χ4v) is 4.63. The molecular formula is C22H28ClN7O2. The second kappa shape index (κ2) is 8.91. The lowest BCUT2D eigenvalue weighted by atomic mass is 9.80. The Morgan fingerprint density at radius 2 is 2.03 bits per heavy atom. The Morgan fingerprint density at radius 1 is 1.31 bits per heavy atom. The zero-order valence-electron chi connectivity index (χ0n) is 18.3. The Hall–Kier alpha value is -2.91. The summed E-state index contributed by atoms with van der Waals surface area (Å²) in [6.45, 7) is 6.56. The Labute approximate surface area is 192 Å². The molecule has 9 nitrogen and oxygen atoms in total. The van der Waals surface area contributed by atoms with E-state index in [1.165, 1.54) is 0 Å². The fourth-order valence-electron chi connectivity index (χ4n) is 4.39. The van der Waals surface area contributed by atoms with Crippen molar-refractivity contribution in [2.75, 3.05) is 35.2 Å². The van der Waals surface area contributed by atoms with Crippen molar-refractivity contribution in [3.63, 3.8) is 0 Å². The Bertz CT molecular complexity index is 1020. The van der Waals surface area contributed by atoms with Crippen LogP contribution in [0.1, 0.15) is 32.3 Å². The molecule has 4 rings (SSSR count). The highest BCUT2D eigenvalue weighted by molar-refractivity contribution is 6.34. The van der Waals surface area contributed by atoms with E-state index in [2.05, 4.69) is 39.3 Å². The maximum Gasteiger partial charge on any atom is 0.327 e. The highest BCUT2D eigenvalue weighted by Gasteiger charge is 2.34. The number of hydrogen-bond acceptors (Lipinski definition) is 6. The lowest BCUT2D eigenvalue weighted by molar-refractivity contribution is -0.119. The molecule has 0 aliphatic carbocycles. The number of rotatable bonds is 6. The van der Waals surface area contributed by atoms with E-state index in [4.69, 9.17) is 17.3 Å². The molecule has 2 aromatic rings. The van der Waals surface area contributed by atoms with Gasteiger partial charge in [0.2, 0.25) is 11.9 Å². The number of carbonyl (C=O) groups excluding carboxylic acids is 2. The average molecular weight is 458 g/mol. The number of halogens is 1. The standard InChI is InChI=1S/C22H28ClN7O2/c1-22(2,15-7-9-29(10-8-15)13-18(24)31)28-20-25-11-14-12-30(21(32)27-19(14)26-20)17-6-4-3-5-16(17)23/h3-6,11,15H,7-10,12-13H2,1-2H3,(H2,24,31)(H2,25,26,27,28,32). The van der Waals surface area contributed by atoms with Gasteiger partial charge in [-0.2, -0.15) is 4.98 Å². The molecule has 1 aromatic carbocycles. The van der Waals surface area contributed by atoms with Crippen molar-refractivity contribution < 1.29 is 9.59 Å². The number of amides is 3. The van der Waals surface area contributed by atoms with E-state index < -0.39 is 0 Å². The average Bonchev–Trinajstić information content (AvgIpc) is 2.73. The van der Waals surface area contributed by atoms with Gasteiger partial charge in [-0.1, -0.05) is 23.7 Å². The topological polar surface area (TPSA) is 116 Å². The van der Waals surface area contributed by atoms with Crippen LogP contribution in [-0.2, 0) is 11.3 Å². The summed E-state index contributed by atoms with van der Waals surface area (Å²) in [7, 11) is 0. The number of carbonyl (C=O) groups is 2. The molecule has 2 aliphatic heterocycles. The number of fused-ring (bicyclic) bond motifs is 1. The van der Waals surface area contributed by atoms with Crippen LogP contribution in [0.3, 0.4) is 0 Å². The van der Waals surface area contributed by atoms with Crippen molar-refractivity contribution >= 4 is 41.0 Å². The van der Waals surface area contributed by atoms with Gasteiger partial charge in [0, 0.05) is 17.3 Å². The number of likely N-dealkylation sites (tertiary alicyclic amines) is 1. The van der Waals surface area contributed by atoms with E-state index >= 15 is 0 Å². The van der Waals surface area contributed by atoms with Crippen LogP contribution in [0.25, 0.3) is 0 Å². The van der Waals surface area contributed by atoms with Crippen LogP contribution in [0.2, 0.25) is 5.02 Å². The van der Waals surface area contributed by atoms with Crippen molar-refractivity contribution in [1.29, 1.82) is 0 Å². The smallest absolute Gasteiger partial charge is 0.327 e. The van der Waals surface area contributed by atoms with Crippen LogP contribution in [0.4, 0.5) is 22.2 Å². The van der Waals surface area contributed by atoms with Gasteiger partial charge in [-0.3, -0.25) is 19.9 Å². The van der Waals surface area contributed by atoms with Crippen LogP contribution in [0.15, 0.2) is 30.5 Å². The molecule has 0 spiro atoms. The van der Waals surface area contributed by atoms with Gasteiger partial charge in [-0.05, 0) is 57.8 Å². The van der Waals surface area contributed by atoms with Gasteiger partial charge in [0.05, 0.1) is 23.8 Å². The van der Waals surface area contributed by atoms with E-state index in [-0.39, 0.29) is 17.5 Å². The molecule has 32 heavy (non-hydrogen) atoms. The Kier molecular flexibility index (Phi) is 6.21. The van der Waals surface area contributed by atoms with Crippen molar-refractivity contribution in [1.82, 2.24) is 14.9 Å². The first kappa shape index (κ1) is 22.3. The maximum atomic E-state index is 12.7. The number of anilines is 3. The van der Waals surface area contributed by atoms with Gasteiger partial charge >= 0.3 is 6.03 Å². The summed E-state index contributed by atoms with van der Waals surface area (Å²) in [5.74, 6) is 1.07. The van der Waals surface area contributed by atoms with E-state index in [0.29, 0.717) is 41.5 Å². The van der Waals surface area contributed by atoms with Crippen molar-refractivity contribution in [3.8, 4) is 0 Å². The second-order valence-corrected chi connectivity index (χ2v) is 9.31. The number of nitrogens with zero attached hydrogens (tertiary/aromatic N) is 4. The molecule has 2 aliphatic rings. The molecule has 0 atom stereocenters. The lowest BCUT2D eigenvalue weighted by Gasteiger charge is -2.41. The van der Waals surface area contributed by atoms with E-state index in [1.807, 2.05) is 12.1 Å².